The molecule has 2 aromatic rings. The summed E-state index contributed by atoms with van der Waals surface area (Å²) >= 11 is 3.38. The largest absolute Gasteiger partial charge is 0.480 e. The molecule has 1 atom stereocenters. The van der Waals surface area contributed by atoms with Crippen LogP contribution in [-0.4, -0.2) is 44.1 Å². The SMILES string of the molecule is Cc1cc(Br)c2nc(C)c(C(=O)NC(CO)C(=O)O)n2c1. The van der Waals surface area contributed by atoms with Gasteiger partial charge in [0.2, 0.25) is 0 Å². The number of amides is 1. The Morgan fingerprint density at radius 3 is 2.71 bits per heavy atom. The van der Waals surface area contributed by atoms with Crippen LogP contribution in [0.2, 0.25) is 0 Å². The summed E-state index contributed by atoms with van der Waals surface area (Å²) in [5.74, 6) is -1.89. The summed E-state index contributed by atoms with van der Waals surface area (Å²) in [6.45, 7) is 2.85. The Morgan fingerprint density at radius 2 is 2.14 bits per heavy atom. The molecular weight excluding hydrogens is 342 g/mol. The summed E-state index contributed by atoms with van der Waals surface area (Å²) in [5.41, 5.74) is 2.20. The van der Waals surface area contributed by atoms with E-state index in [0.717, 1.165) is 10.0 Å². The molecule has 0 saturated heterocycles. The van der Waals surface area contributed by atoms with E-state index in [1.165, 1.54) is 0 Å². The van der Waals surface area contributed by atoms with Crippen molar-refractivity contribution >= 4 is 33.5 Å². The molecule has 1 unspecified atom stereocenters. The highest BCUT2D eigenvalue weighted by Crippen LogP contribution is 2.22. The fourth-order valence-electron chi connectivity index (χ4n) is 2.03. The number of fused-ring (bicyclic) bond motifs is 1. The Morgan fingerprint density at radius 1 is 1.48 bits per heavy atom. The van der Waals surface area contributed by atoms with Crippen molar-refractivity contribution in [1.82, 2.24) is 14.7 Å². The molecule has 112 valence electrons. The van der Waals surface area contributed by atoms with Gasteiger partial charge in [0.25, 0.3) is 5.91 Å². The van der Waals surface area contributed by atoms with Gasteiger partial charge >= 0.3 is 5.97 Å². The Hall–Kier alpha value is -1.93. The molecule has 0 saturated carbocycles. The normalized spacial score (nSPS) is 12.4. The zero-order valence-electron chi connectivity index (χ0n) is 11.4. The number of pyridine rings is 1. The number of rotatable bonds is 4. The molecule has 2 heterocycles. The third-order valence-corrected chi connectivity index (χ3v) is 3.57. The van der Waals surface area contributed by atoms with Crippen LogP contribution in [0, 0.1) is 13.8 Å². The molecule has 3 N–H and O–H groups in total. The first kappa shape index (κ1) is 15.5. The van der Waals surface area contributed by atoms with E-state index in [1.807, 2.05) is 13.0 Å². The maximum atomic E-state index is 12.3. The van der Waals surface area contributed by atoms with Gasteiger partial charge in [-0.05, 0) is 41.4 Å². The lowest BCUT2D eigenvalue weighted by molar-refractivity contribution is -0.140. The van der Waals surface area contributed by atoms with Crippen molar-refractivity contribution in [3.63, 3.8) is 0 Å². The molecule has 1 amide bonds. The Kier molecular flexibility index (Phi) is 4.29. The minimum absolute atomic E-state index is 0.245. The minimum atomic E-state index is -1.35. The topological polar surface area (TPSA) is 104 Å². The van der Waals surface area contributed by atoms with Gasteiger partial charge < -0.3 is 15.5 Å². The molecule has 0 spiro atoms. The Labute approximate surface area is 128 Å². The number of imidazole rings is 1. The van der Waals surface area contributed by atoms with Crippen molar-refractivity contribution in [2.24, 2.45) is 0 Å². The fourth-order valence-corrected chi connectivity index (χ4v) is 2.67. The molecule has 0 aliphatic carbocycles. The number of carboxylic acid groups (broad SMARTS) is 1. The van der Waals surface area contributed by atoms with Gasteiger partial charge in [0.15, 0.2) is 11.7 Å². The van der Waals surface area contributed by atoms with Crippen LogP contribution in [0.3, 0.4) is 0 Å². The number of nitrogens with zero attached hydrogens (tertiary/aromatic N) is 2. The summed E-state index contributed by atoms with van der Waals surface area (Å²) in [5, 5.41) is 20.1. The quantitative estimate of drug-likeness (QED) is 0.755. The van der Waals surface area contributed by atoms with E-state index in [4.69, 9.17) is 10.2 Å². The maximum Gasteiger partial charge on any atom is 0.328 e. The van der Waals surface area contributed by atoms with Crippen LogP contribution in [0.1, 0.15) is 21.7 Å². The van der Waals surface area contributed by atoms with Crippen LogP contribution in [0.5, 0.6) is 0 Å². The van der Waals surface area contributed by atoms with Gasteiger partial charge in [-0.25, -0.2) is 9.78 Å². The standard InChI is InChI=1S/C13H14BrN3O4/c1-6-3-8(14)11-15-7(2)10(17(11)4-6)12(19)16-9(5-18)13(20)21/h3-4,9,18H,5H2,1-2H3,(H,16,19)(H,20,21). The molecule has 0 aromatic carbocycles. The van der Waals surface area contributed by atoms with E-state index >= 15 is 0 Å². The van der Waals surface area contributed by atoms with Gasteiger partial charge in [0.05, 0.1) is 16.8 Å². The Balaban J connectivity index is 2.48. The number of hydrogen-bond acceptors (Lipinski definition) is 4. The van der Waals surface area contributed by atoms with Gasteiger partial charge in [0, 0.05) is 6.20 Å². The highest BCUT2D eigenvalue weighted by atomic mass is 79.9. The molecule has 2 rings (SSSR count). The number of aliphatic hydroxyl groups excluding tert-OH is 1. The van der Waals surface area contributed by atoms with Gasteiger partial charge in [-0.1, -0.05) is 0 Å². The summed E-state index contributed by atoms with van der Waals surface area (Å²) in [4.78, 5) is 27.5. The van der Waals surface area contributed by atoms with E-state index in [0.29, 0.717) is 11.3 Å². The predicted octanol–water partition coefficient (Wildman–Crippen LogP) is 0.889. The molecule has 0 fully saturated rings. The van der Waals surface area contributed by atoms with Crippen molar-refractivity contribution in [3.8, 4) is 0 Å². The molecular formula is C13H14BrN3O4. The average Bonchev–Trinajstić information content (AvgIpc) is 2.72. The van der Waals surface area contributed by atoms with Crippen molar-refractivity contribution in [2.45, 2.75) is 19.9 Å². The van der Waals surface area contributed by atoms with Crippen LogP contribution in [0.25, 0.3) is 5.65 Å². The van der Waals surface area contributed by atoms with Crippen LogP contribution in [0.4, 0.5) is 0 Å². The third kappa shape index (κ3) is 2.91. The average molecular weight is 356 g/mol. The lowest BCUT2D eigenvalue weighted by Gasteiger charge is -2.12. The zero-order valence-corrected chi connectivity index (χ0v) is 13.0. The number of carbonyl (C=O) groups excluding carboxylic acids is 1. The number of aromatic nitrogens is 2. The number of aryl methyl sites for hydroxylation is 2. The summed E-state index contributed by atoms with van der Waals surface area (Å²) < 4.78 is 2.34. The van der Waals surface area contributed by atoms with Crippen LogP contribution < -0.4 is 5.32 Å². The smallest absolute Gasteiger partial charge is 0.328 e. The predicted molar refractivity (Wildman–Crippen MR) is 78.3 cm³/mol. The van der Waals surface area contributed by atoms with Crippen molar-refractivity contribution in [2.75, 3.05) is 6.61 Å². The lowest BCUT2D eigenvalue weighted by atomic mass is 10.2. The maximum absolute atomic E-state index is 12.3. The molecule has 8 heteroatoms. The van der Waals surface area contributed by atoms with E-state index in [1.54, 1.807) is 17.5 Å². The third-order valence-electron chi connectivity index (χ3n) is 2.99. The molecule has 0 radical (unpaired) electrons. The summed E-state index contributed by atoms with van der Waals surface area (Å²) in [6, 6.07) is 0.521. The number of hydrogen-bond donors (Lipinski definition) is 3. The fraction of sp³-hybridized carbons (Fsp3) is 0.308. The van der Waals surface area contributed by atoms with Gasteiger partial charge in [-0.15, -0.1) is 0 Å². The number of aliphatic carboxylic acids is 1. The molecule has 2 aromatic heterocycles. The minimum Gasteiger partial charge on any atom is -0.480 e. The van der Waals surface area contributed by atoms with E-state index < -0.39 is 24.5 Å². The summed E-state index contributed by atoms with van der Waals surface area (Å²) in [6.07, 6.45) is 1.74. The highest BCUT2D eigenvalue weighted by molar-refractivity contribution is 9.10. The first-order chi connectivity index (χ1) is 9.85. The second kappa shape index (κ2) is 5.82. The second-order valence-electron chi connectivity index (χ2n) is 4.65. The lowest BCUT2D eigenvalue weighted by Crippen LogP contribution is -2.43. The zero-order chi connectivity index (χ0) is 15.7. The highest BCUT2D eigenvalue weighted by Gasteiger charge is 2.24. The van der Waals surface area contributed by atoms with E-state index in [-0.39, 0.29) is 5.69 Å². The number of aliphatic hydroxyl groups is 1. The molecule has 0 aliphatic heterocycles. The first-order valence-corrected chi connectivity index (χ1v) is 6.93. The van der Waals surface area contributed by atoms with Crippen molar-refractivity contribution in [3.05, 3.63) is 33.7 Å². The van der Waals surface area contributed by atoms with Crippen molar-refractivity contribution in [1.29, 1.82) is 0 Å². The van der Waals surface area contributed by atoms with Gasteiger partial charge in [-0.2, -0.15) is 0 Å². The van der Waals surface area contributed by atoms with Gasteiger partial charge in [-0.3, -0.25) is 9.20 Å². The second-order valence-corrected chi connectivity index (χ2v) is 5.51. The number of carbonyl (C=O) groups is 2. The van der Waals surface area contributed by atoms with E-state index in [2.05, 4.69) is 26.2 Å². The first-order valence-electron chi connectivity index (χ1n) is 6.14. The number of carboxylic acids is 1. The monoisotopic (exact) mass is 355 g/mol. The molecule has 0 aliphatic rings. The van der Waals surface area contributed by atoms with Crippen molar-refractivity contribution < 1.29 is 19.8 Å². The molecule has 7 nitrogen and oxygen atoms in total. The van der Waals surface area contributed by atoms with Crippen LogP contribution in [0.15, 0.2) is 16.7 Å². The Bertz CT molecular complexity index is 726. The number of halogens is 1. The van der Waals surface area contributed by atoms with Crippen LogP contribution in [-0.2, 0) is 4.79 Å². The number of nitrogens with one attached hydrogen (secondary N) is 1. The van der Waals surface area contributed by atoms with Gasteiger partial charge in [0.1, 0.15) is 5.69 Å². The molecule has 0 bridgehead atoms. The molecule has 21 heavy (non-hydrogen) atoms. The van der Waals surface area contributed by atoms with E-state index in [9.17, 15) is 9.59 Å². The van der Waals surface area contributed by atoms with Crippen LogP contribution >= 0.6 is 15.9 Å². The summed E-state index contributed by atoms with van der Waals surface area (Å²) in [7, 11) is 0.